The number of benzene rings is 1. The van der Waals surface area contributed by atoms with Crippen molar-refractivity contribution < 1.29 is 22.8 Å². The lowest BCUT2D eigenvalue weighted by molar-refractivity contribution is 0.257. The van der Waals surface area contributed by atoms with Gasteiger partial charge in [0.05, 0.1) is 18.5 Å². The molecule has 0 bridgehead atoms. The molecule has 1 aliphatic rings. The molecule has 0 unspecified atom stereocenters. The standard InChI is InChI=1S/C11H14O5S/c12-6-8-2-1-3-11(10(8)7-13)16-17(14,15)9-4-5-9/h1-3,9,12-13H,4-7H2. The molecule has 0 amide bonds. The smallest absolute Gasteiger partial charge is 0.312 e. The van der Waals surface area contributed by atoms with Crippen LogP contribution in [0.1, 0.15) is 24.0 Å². The molecule has 0 spiro atoms. The fraction of sp³-hybridized carbons (Fsp3) is 0.455. The van der Waals surface area contributed by atoms with Crippen molar-refractivity contribution in [3.8, 4) is 5.75 Å². The highest BCUT2D eigenvalue weighted by Gasteiger charge is 2.38. The highest BCUT2D eigenvalue weighted by atomic mass is 32.2. The molecule has 1 saturated carbocycles. The van der Waals surface area contributed by atoms with Crippen molar-refractivity contribution in [3.05, 3.63) is 29.3 Å². The Bertz CT molecular complexity index is 505. The summed E-state index contributed by atoms with van der Waals surface area (Å²) in [6.45, 7) is -0.636. The first-order valence-electron chi connectivity index (χ1n) is 5.34. The van der Waals surface area contributed by atoms with Crippen LogP contribution in [0.25, 0.3) is 0 Å². The van der Waals surface area contributed by atoms with E-state index in [1.54, 1.807) is 12.1 Å². The molecule has 1 aromatic carbocycles. The normalized spacial score (nSPS) is 15.9. The van der Waals surface area contributed by atoms with E-state index in [0.29, 0.717) is 24.0 Å². The van der Waals surface area contributed by atoms with Crippen molar-refractivity contribution in [2.45, 2.75) is 31.3 Å². The minimum absolute atomic E-state index is 0.103. The van der Waals surface area contributed by atoms with Crippen molar-refractivity contribution in [2.24, 2.45) is 0 Å². The Morgan fingerprint density at radius 1 is 1.24 bits per heavy atom. The lowest BCUT2D eigenvalue weighted by Gasteiger charge is -2.12. The van der Waals surface area contributed by atoms with E-state index in [2.05, 4.69) is 0 Å². The summed E-state index contributed by atoms with van der Waals surface area (Å²) in [6, 6.07) is 4.68. The second-order valence-electron chi connectivity index (χ2n) is 3.99. The highest BCUT2D eigenvalue weighted by molar-refractivity contribution is 7.88. The summed E-state index contributed by atoms with van der Waals surface area (Å²) >= 11 is 0. The average Bonchev–Trinajstić information content (AvgIpc) is 3.12. The minimum atomic E-state index is -3.59. The van der Waals surface area contributed by atoms with Crippen molar-refractivity contribution in [2.75, 3.05) is 0 Å². The number of aliphatic hydroxyl groups excluding tert-OH is 2. The molecule has 1 aliphatic carbocycles. The summed E-state index contributed by atoms with van der Waals surface area (Å²) in [5.41, 5.74) is 0.787. The van der Waals surface area contributed by atoms with E-state index >= 15 is 0 Å². The van der Waals surface area contributed by atoms with Crippen LogP contribution < -0.4 is 4.18 Å². The predicted molar refractivity (Wildman–Crippen MR) is 60.9 cm³/mol. The van der Waals surface area contributed by atoms with Crippen molar-refractivity contribution in [1.29, 1.82) is 0 Å². The summed E-state index contributed by atoms with van der Waals surface area (Å²) in [5, 5.41) is 17.8. The van der Waals surface area contributed by atoms with E-state index < -0.39 is 15.4 Å². The summed E-state index contributed by atoms with van der Waals surface area (Å²) in [5.74, 6) is 0.103. The Labute approximate surface area is 99.8 Å². The zero-order valence-corrected chi connectivity index (χ0v) is 9.98. The monoisotopic (exact) mass is 258 g/mol. The summed E-state index contributed by atoms with van der Waals surface area (Å²) < 4.78 is 28.3. The second kappa shape index (κ2) is 4.64. The first-order valence-corrected chi connectivity index (χ1v) is 6.81. The number of hydrogen-bond acceptors (Lipinski definition) is 5. The first-order chi connectivity index (χ1) is 8.08. The molecular formula is C11H14O5S. The third kappa shape index (κ3) is 2.59. The minimum Gasteiger partial charge on any atom is -0.392 e. The van der Waals surface area contributed by atoms with Crippen molar-refractivity contribution in [1.82, 2.24) is 0 Å². The van der Waals surface area contributed by atoms with E-state index in [1.165, 1.54) is 6.07 Å². The summed E-state index contributed by atoms with van der Waals surface area (Å²) in [7, 11) is -3.59. The third-order valence-electron chi connectivity index (χ3n) is 2.70. The van der Waals surface area contributed by atoms with E-state index in [9.17, 15) is 13.5 Å². The van der Waals surface area contributed by atoms with E-state index in [0.717, 1.165) is 0 Å². The topological polar surface area (TPSA) is 83.8 Å². The maximum atomic E-state index is 11.7. The molecule has 1 fully saturated rings. The van der Waals surface area contributed by atoms with Crippen molar-refractivity contribution in [3.63, 3.8) is 0 Å². The van der Waals surface area contributed by atoms with Gasteiger partial charge in [-0.25, -0.2) is 0 Å². The van der Waals surface area contributed by atoms with Crippen LogP contribution in [0.5, 0.6) is 5.75 Å². The molecule has 17 heavy (non-hydrogen) atoms. The molecular weight excluding hydrogens is 244 g/mol. The van der Waals surface area contributed by atoms with Gasteiger partial charge in [-0.1, -0.05) is 12.1 Å². The molecule has 6 heteroatoms. The largest absolute Gasteiger partial charge is 0.392 e. The van der Waals surface area contributed by atoms with Crippen LogP contribution in [0.3, 0.4) is 0 Å². The SMILES string of the molecule is O=S(=O)(Oc1cccc(CO)c1CO)C1CC1. The Morgan fingerprint density at radius 3 is 2.47 bits per heavy atom. The van der Waals surface area contributed by atoms with Gasteiger partial charge in [0.2, 0.25) is 0 Å². The van der Waals surface area contributed by atoms with Crippen LogP contribution in [0.4, 0.5) is 0 Å². The zero-order valence-electron chi connectivity index (χ0n) is 9.17. The van der Waals surface area contributed by atoms with Crippen LogP contribution >= 0.6 is 0 Å². The lowest BCUT2D eigenvalue weighted by atomic mass is 10.1. The fourth-order valence-corrected chi connectivity index (χ4v) is 2.82. The van der Waals surface area contributed by atoms with Gasteiger partial charge in [-0.3, -0.25) is 0 Å². The first kappa shape index (κ1) is 12.3. The van der Waals surface area contributed by atoms with Gasteiger partial charge in [0, 0.05) is 5.56 Å². The van der Waals surface area contributed by atoms with Crippen molar-refractivity contribution >= 4 is 10.1 Å². The van der Waals surface area contributed by atoms with Crippen LogP contribution in [0.15, 0.2) is 18.2 Å². The number of hydrogen-bond donors (Lipinski definition) is 2. The Morgan fingerprint density at radius 2 is 1.94 bits per heavy atom. The molecule has 0 atom stereocenters. The van der Waals surface area contributed by atoms with Gasteiger partial charge in [0.15, 0.2) is 0 Å². The summed E-state index contributed by atoms with van der Waals surface area (Å²) in [4.78, 5) is 0. The molecule has 2 N–H and O–H groups in total. The molecule has 0 aliphatic heterocycles. The number of aliphatic hydroxyl groups is 2. The Hall–Kier alpha value is -1.11. The van der Waals surface area contributed by atoms with Gasteiger partial charge in [-0.05, 0) is 24.5 Å². The fourth-order valence-electron chi connectivity index (χ4n) is 1.57. The third-order valence-corrected chi connectivity index (χ3v) is 4.40. The van der Waals surface area contributed by atoms with E-state index in [4.69, 9.17) is 9.29 Å². The Kier molecular flexibility index (Phi) is 3.37. The summed E-state index contributed by atoms with van der Waals surface area (Å²) in [6.07, 6.45) is 1.24. The molecule has 0 radical (unpaired) electrons. The lowest BCUT2D eigenvalue weighted by Crippen LogP contribution is -2.15. The molecule has 0 heterocycles. The molecule has 2 rings (SSSR count). The van der Waals surface area contributed by atoms with Crippen LogP contribution in [0, 0.1) is 0 Å². The molecule has 1 aromatic rings. The van der Waals surface area contributed by atoms with Gasteiger partial charge in [0.25, 0.3) is 0 Å². The van der Waals surface area contributed by atoms with Gasteiger partial charge in [0.1, 0.15) is 5.75 Å². The molecule has 0 aromatic heterocycles. The van der Waals surface area contributed by atoms with E-state index in [1.807, 2.05) is 0 Å². The number of rotatable bonds is 5. The maximum Gasteiger partial charge on any atom is 0.312 e. The molecule has 94 valence electrons. The molecule has 5 nitrogen and oxygen atoms in total. The molecule has 0 saturated heterocycles. The maximum absolute atomic E-state index is 11.7. The van der Waals surface area contributed by atoms with E-state index in [-0.39, 0.29) is 19.0 Å². The van der Waals surface area contributed by atoms with Gasteiger partial charge >= 0.3 is 10.1 Å². The average molecular weight is 258 g/mol. The van der Waals surface area contributed by atoms with Gasteiger partial charge in [-0.2, -0.15) is 8.42 Å². The van der Waals surface area contributed by atoms with Crippen LogP contribution in [-0.4, -0.2) is 23.9 Å². The zero-order chi connectivity index (χ0) is 12.5. The second-order valence-corrected chi connectivity index (χ2v) is 5.80. The quantitative estimate of drug-likeness (QED) is 0.753. The van der Waals surface area contributed by atoms with Crippen LogP contribution in [-0.2, 0) is 23.3 Å². The van der Waals surface area contributed by atoms with Gasteiger partial charge < -0.3 is 14.4 Å². The highest BCUT2D eigenvalue weighted by Crippen LogP contribution is 2.32. The Balaban J connectivity index is 2.32. The van der Waals surface area contributed by atoms with Crippen LogP contribution in [0.2, 0.25) is 0 Å². The van der Waals surface area contributed by atoms with Gasteiger partial charge in [-0.15, -0.1) is 0 Å². The predicted octanol–water partition coefficient (Wildman–Crippen LogP) is 0.542.